The Bertz CT molecular complexity index is 1410. The van der Waals surface area contributed by atoms with E-state index in [0.717, 1.165) is 11.1 Å². The average molecular weight is 598 g/mol. The number of nitrogens with one attached hydrogen (secondary N) is 2. The van der Waals surface area contributed by atoms with E-state index in [1.54, 1.807) is 49.0 Å². The Hall–Kier alpha value is -2.59. The fourth-order valence-corrected chi connectivity index (χ4v) is 6.93. The van der Waals surface area contributed by atoms with Crippen LogP contribution in [0.1, 0.15) is 16.7 Å². The van der Waals surface area contributed by atoms with Gasteiger partial charge in [-0.15, -0.1) is 0 Å². The van der Waals surface area contributed by atoms with Gasteiger partial charge in [0.1, 0.15) is 0 Å². The fourth-order valence-electron chi connectivity index (χ4n) is 3.87. The minimum absolute atomic E-state index is 0.0624. The van der Waals surface area contributed by atoms with E-state index in [1.807, 2.05) is 13.0 Å². The molecule has 0 aliphatic rings. The normalized spacial score (nSPS) is 11.2. The summed E-state index contributed by atoms with van der Waals surface area (Å²) in [6.45, 7) is 3.98. The van der Waals surface area contributed by atoms with Crippen molar-refractivity contribution < 1.29 is 22.7 Å². The molecule has 0 saturated carbocycles. The minimum atomic E-state index is -3.93. The number of thioether (sulfide) groups is 1. The number of halogens is 2. The van der Waals surface area contributed by atoms with Gasteiger partial charge in [-0.05, 0) is 60.9 Å². The molecule has 0 aliphatic carbocycles. The summed E-state index contributed by atoms with van der Waals surface area (Å²) < 4.78 is 37.8. The van der Waals surface area contributed by atoms with Crippen LogP contribution >= 0.6 is 35.0 Å². The predicted molar refractivity (Wildman–Crippen MR) is 155 cm³/mol. The number of rotatable bonds is 12. The molecular formula is C27H30Cl2N2O5S2. The topological polar surface area (TPSA) is 93.7 Å². The SMILES string of the molecule is COc1ccc(S(=O)(=O)c2c(C)cc(C)cc2NCC(=O)NCCSCc2ccc(Cl)cc2Cl)cc1OC. The average Bonchev–Trinajstić information content (AvgIpc) is 2.87. The lowest BCUT2D eigenvalue weighted by atomic mass is 10.1. The van der Waals surface area contributed by atoms with Crippen LogP contribution in [0.4, 0.5) is 5.69 Å². The summed E-state index contributed by atoms with van der Waals surface area (Å²) >= 11 is 13.8. The molecule has 0 bridgehead atoms. The summed E-state index contributed by atoms with van der Waals surface area (Å²) in [6.07, 6.45) is 0. The zero-order valence-electron chi connectivity index (χ0n) is 21.6. The highest BCUT2D eigenvalue weighted by Crippen LogP contribution is 2.36. The fraction of sp³-hybridized carbons (Fsp3) is 0.296. The van der Waals surface area contributed by atoms with Crippen LogP contribution in [-0.2, 0) is 20.4 Å². The van der Waals surface area contributed by atoms with Gasteiger partial charge in [0, 0.05) is 34.2 Å². The molecule has 7 nitrogen and oxygen atoms in total. The Kier molecular flexibility index (Phi) is 10.6. The van der Waals surface area contributed by atoms with Crippen LogP contribution in [0.3, 0.4) is 0 Å². The number of amides is 1. The third-order valence-corrected chi connectivity index (χ3v) is 9.18. The molecule has 0 spiro atoms. The van der Waals surface area contributed by atoms with Gasteiger partial charge < -0.3 is 20.1 Å². The van der Waals surface area contributed by atoms with Crippen LogP contribution in [0.15, 0.2) is 58.3 Å². The summed E-state index contributed by atoms with van der Waals surface area (Å²) in [7, 11) is -1.00. The Morgan fingerprint density at radius 3 is 2.39 bits per heavy atom. The van der Waals surface area contributed by atoms with Crippen molar-refractivity contribution in [2.45, 2.75) is 29.4 Å². The summed E-state index contributed by atoms with van der Waals surface area (Å²) in [5.74, 6) is 1.88. The van der Waals surface area contributed by atoms with E-state index in [1.165, 1.54) is 26.4 Å². The predicted octanol–water partition coefficient (Wildman–Crippen LogP) is 5.92. The molecule has 0 saturated heterocycles. The second-order valence-electron chi connectivity index (χ2n) is 8.47. The summed E-state index contributed by atoms with van der Waals surface area (Å²) in [4.78, 5) is 12.7. The van der Waals surface area contributed by atoms with Crippen molar-refractivity contribution in [2.24, 2.45) is 0 Å². The minimum Gasteiger partial charge on any atom is -0.493 e. The van der Waals surface area contributed by atoms with E-state index in [4.69, 9.17) is 32.7 Å². The molecule has 204 valence electrons. The van der Waals surface area contributed by atoms with Gasteiger partial charge in [-0.2, -0.15) is 11.8 Å². The number of hydrogen-bond acceptors (Lipinski definition) is 7. The molecule has 0 fully saturated rings. The van der Waals surface area contributed by atoms with Gasteiger partial charge >= 0.3 is 0 Å². The number of anilines is 1. The zero-order valence-corrected chi connectivity index (χ0v) is 24.7. The second kappa shape index (κ2) is 13.5. The van der Waals surface area contributed by atoms with Gasteiger partial charge in [-0.3, -0.25) is 4.79 Å². The van der Waals surface area contributed by atoms with Crippen molar-refractivity contribution in [3.63, 3.8) is 0 Å². The van der Waals surface area contributed by atoms with Crippen molar-refractivity contribution in [1.82, 2.24) is 5.32 Å². The van der Waals surface area contributed by atoms with Crippen molar-refractivity contribution in [3.8, 4) is 11.5 Å². The molecule has 11 heteroatoms. The lowest BCUT2D eigenvalue weighted by Crippen LogP contribution is -2.31. The number of aryl methyl sites for hydroxylation is 2. The van der Waals surface area contributed by atoms with Gasteiger partial charge in [0.2, 0.25) is 15.7 Å². The van der Waals surface area contributed by atoms with E-state index in [0.29, 0.717) is 50.8 Å². The Morgan fingerprint density at radius 2 is 1.71 bits per heavy atom. The molecule has 3 rings (SSSR count). The number of ether oxygens (including phenoxy) is 2. The standard InChI is InChI=1S/C27H30Cl2N2O5S2/c1-17-11-18(2)27(38(33,34)21-7-8-24(35-3)25(14-21)36-4)23(12-17)31-15-26(32)30-9-10-37-16-19-5-6-20(28)13-22(19)29/h5-8,11-14,31H,9-10,15-16H2,1-4H3,(H,30,32). The van der Waals surface area contributed by atoms with E-state index >= 15 is 0 Å². The maximum absolute atomic E-state index is 13.6. The molecule has 0 unspecified atom stereocenters. The zero-order chi connectivity index (χ0) is 27.9. The quantitative estimate of drug-likeness (QED) is 0.250. The van der Waals surface area contributed by atoms with Crippen LogP contribution in [0.25, 0.3) is 0 Å². The molecule has 3 aromatic carbocycles. The van der Waals surface area contributed by atoms with Crippen molar-refractivity contribution in [2.75, 3.05) is 38.4 Å². The Morgan fingerprint density at radius 1 is 0.974 bits per heavy atom. The molecular weight excluding hydrogens is 567 g/mol. The monoisotopic (exact) mass is 596 g/mol. The molecule has 0 atom stereocenters. The van der Waals surface area contributed by atoms with Crippen molar-refractivity contribution >= 4 is 56.4 Å². The highest BCUT2D eigenvalue weighted by Gasteiger charge is 2.26. The van der Waals surface area contributed by atoms with Gasteiger partial charge in [0.25, 0.3) is 0 Å². The molecule has 0 aliphatic heterocycles. The molecule has 0 radical (unpaired) electrons. The third kappa shape index (κ3) is 7.50. The van der Waals surface area contributed by atoms with E-state index in [2.05, 4.69) is 10.6 Å². The highest BCUT2D eigenvalue weighted by molar-refractivity contribution is 7.98. The summed E-state index contributed by atoms with van der Waals surface area (Å²) in [6, 6.07) is 13.4. The van der Waals surface area contributed by atoms with Crippen LogP contribution in [0.2, 0.25) is 10.0 Å². The van der Waals surface area contributed by atoms with Crippen LogP contribution in [0, 0.1) is 13.8 Å². The Labute approximate surface area is 238 Å². The van der Waals surface area contributed by atoms with Crippen LogP contribution in [0.5, 0.6) is 11.5 Å². The maximum atomic E-state index is 13.6. The summed E-state index contributed by atoms with van der Waals surface area (Å²) in [5, 5.41) is 7.08. The molecule has 1 amide bonds. The first kappa shape index (κ1) is 30.0. The first-order valence-corrected chi connectivity index (χ1v) is 15.1. The van der Waals surface area contributed by atoms with Crippen LogP contribution in [-0.4, -0.2) is 47.4 Å². The Balaban J connectivity index is 1.65. The van der Waals surface area contributed by atoms with E-state index in [-0.39, 0.29) is 22.2 Å². The number of hydrogen-bond donors (Lipinski definition) is 2. The van der Waals surface area contributed by atoms with E-state index in [9.17, 15) is 13.2 Å². The van der Waals surface area contributed by atoms with Crippen LogP contribution < -0.4 is 20.1 Å². The maximum Gasteiger partial charge on any atom is 0.239 e. The van der Waals surface area contributed by atoms with Gasteiger partial charge in [0.15, 0.2) is 11.5 Å². The summed E-state index contributed by atoms with van der Waals surface area (Å²) in [5.41, 5.74) is 2.78. The molecule has 38 heavy (non-hydrogen) atoms. The lowest BCUT2D eigenvalue weighted by Gasteiger charge is -2.17. The molecule has 3 aromatic rings. The number of methoxy groups -OCH3 is 2. The van der Waals surface area contributed by atoms with Gasteiger partial charge in [-0.25, -0.2) is 8.42 Å². The largest absolute Gasteiger partial charge is 0.493 e. The number of carbonyl (C=O) groups excluding carboxylic acids is 1. The first-order valence-electron chi connectivity index (χ1n) is 11.7. The van der Waals surface area contributed by atoms with E-state index < -0.39 is 9.84 Å². The molecule has 0 aromatic heterocycles. The number of benzene rings is 3. The molecule has 2 N–H and O–H groups in total. The first-order chi connectivity index (χ1) is 18.1. The van der Waals surface area contributed by atoms with Crippen molar-refractivity contribution in [1.29, 1.82) is 0 Å². The van der Waals surface area contributed by atoms with Gasteiger partial charge in [0.05, 0.1) is 36.2 Å². The van der Waals surface area contributed by atoms with Crippen molar-refractivity contribution in [3.05, 3.63) is 75.3 Å². The number of carbonyl (C=O) groups is 1. The lowest BCUT2D eigenvalue weighted by molar-refractivity contribution is -0.119. The number of sulfone groups is 1. The third-order valence-electron chi connectivity index (χ3n) is 5.63. The highest BCUT2D eigenvalue weighted by atomic mass is 35.5. The smallest absolute Gasteiger partial charge is 0.239 e. The molecule has 0 heterocycles. The van der Waals surface area contributed by atoms with Gasteiger partial charge in [-0.1, -0.05) is 35.3 Å². The second-order valence-corrected chi connectivity index (χ2v) is 12.3.